The fourth-order valence-electron chi connectivity index (χ4n) is 1.70. The lowest BCUT2D eigenvalue weighted by Gasteiger charge is -2.06. The summed E-state index contributed by atoms with van der Waals surface area (Å²) in [6, 6.07) is 5.16. The van der Waals surface area contributed by atoms with Crippen LogP contribution in [0.3, 0.4) is 0 Å². The second kappa shape index (κ2) is 5.96. The molecule has 0 bridgehead atoms. The van der Waals surface area contributed by atoms with Crippen molar-refractivity contribution in [3.05, 3.63) is 41.9 Å². The van der Waals surface area contributed by atoms with E-state index in [-0.39, 0.29) is 5.91 Å². The van der Waals surface area contributed by atoms with Crippen LogP contribution in [0.5, 0.6) is 0 Å². The van der Waals surface area contributed by atoms with E-state index < -0.39 is 0 Å². The summed E-state index contributed by atoms with van der Waals surface area (Å²) in [4.78, 5) is 15.8. The monoisotopic (exact) mass is 260 g/mol. The van der Waals surface area contributed by atoms with E-state index in [0.29, 0.717) is 17.9 Å². The highest BCUT2D eigenvalue weighted by Crippen LogP contribution is 2.05. The Bertz CT molecular complexity index is 565. The zero-order valence-electron chi connectivity index (χ0n) is 10.6. The lowest BCUT2D eigenvalue weighted by molar-refractivity contribution is 0.0954. The van der Waals surface area contributed by atoms with E-state index in [9.17, 15) is 4.79 Å². The number of nitrogen functional groups attached to an aromatic ring is 1. The average molecular weight is 260 g/mol. The van der Waals surface area contributed by atoms with Crippen molar-refractivity contribution in [2.24, 2.45) is 12.9 Å². The van der Waals surface area contributed by atoms with Crippen LogP contribution in [0, 0.1) is 0 Å². The molecule has 2 heterocycles. The molecule has 0 aromatic carbocycles. The quantitative estimate of drug-likeness (QED) is 0.522. The number of carbonyl (C=O) groups excluding carboxylic acids is 1. The van der Waals surface area contributed by atoms with E-state index in [4.69, 9.17) is 5.84 Å². The maximum absolute atomic E-state index is 11.9. The van der Waals surface area contributed by atoms with Gasteiger partial charge < -0.3 is 10.7 Å². The molecule has 0 aliphatic heterocycles. The van der Waals surface area contributed by atoms with Gasteiger partial charge in [0, 0.05) is 43.7 Å². The number of amides is 1. The van der Waals surface area contributed by atoms with Crippen LogP contribution in [0.25, 0.3) is 0 Å². The lowest BCUT2D eigenvalue weighted by Crippen LogP contribution is -2.26. The predicted molar refractivity (Wildman–Crippen MR) is 71.3 cm³/mol. The van der Waals surface area contributed by atoms with Crippen molar-refractivity contribution in [2.45, 2.75) is 6.42 Å². The van der Waals surface area contributed by atoms with E-state index in [1.807, 2.05) is 13.1 Å². The normalized spacial score (nSPS) is 10.2. The zero-order chi connectivity index (χ0) is 13.7. The molecule has 0 spiro atoms. The second-order valence-electron chi connectivity index (χ2n) is 4.03. The van der Waals surface area contributed by atoms with Gasteiger partial charge in [0.05, 0.1) is 0 Å². The molecule has 2 rings (SSSR count). The number of aryl methyl sites for hydroxylation is 1. The van der Waals surface area contributed by atoms with E-state index in [1.54, 1.807) is 23.0 Å². The van der Waals surface area contributed by atoms with E-state index in [0.717, 1.165) is 12.1 Å². The second-order valence-corrected chi connectivity index (χ2v) is 4.03. The Morgan fingerprint density at radius 3 is 2.95 bits per heavy atom. The van der Waals surface area contributed by atoms with Gasteiger partial charge in [0.1, 0.15) is 5.82 Å². The van der Waals surface area contributed by atoms with E-state index in [1.165, 1.54) is 6.20 Å². The first-order valence-corrected chi connectivity index (χ1v) is 5.88. The van der Waals surface area contributed by atoms with E-state index >= 15 is 0 Å². The molecule has 2 aromatic rings. The SMILES string of the molecule is Cn1nccc1CCNC(=O)c1ccnc(NN)c1. The number of rotatable bonds is 5. The van der Waals surface area contributed by atoms with Gasteiger partial charge in [-0.1, -0.05) is 0 Å². The number of hydrogen-bond donors (Lipinski definition) is 3. The van der Waals surface area contributed by atoms with Gasteiger partial charge in [-0.2, -0.15) is 5.10 Å². The molecule has 0 radical (unpaired) electrons. The number of carbonyl (C=O) groups is 1. The molecule has 100 valence electrons. The third-order valence-corrected chi connectivity index (χ3v) is 2.76. The highest BCUT2D eigenvalue weighted by Gasteiger charge is 2.06. The van der Waals surface area contributed by atoms with Gasteiger partial charge in [-0.3, -0.25) is 9.48 Å². The average Bonchev–Trinajstić information content (AvgIpc) is 2.84. The Morgan fingerprint density at radius 1 is 1.42 bits per heavy atom. The molecule has 0 saturated heterocycles. The molecule has 19 heavy (non-hydrogen) atoms. The third kappa shape index (κ3) is 3.29. The van der Waals surface area contributed by atoms with Gasteiger partial charge in [-0.15, -0.1) is 0 Å². The van der Waals surface area contributed by atoms with E-state index in [2.05, 4.69) is 20.8 Å². The number of hydrogen-bond acceptors (Lipinski definition) is 5. The molecule has 1 amide bonds. The van der Waals surface area contributed by atoms with Gasteiger partial charge in [-0.25, -0.2) is 10.8 Å². The largest absolute Gasteiger partial charge is 0.352 e. The van der Waals surface area contributed by atoms with Gasteiger partial charge in [0.2, 0.25) is 0 Å². The predicted octanol–water partition coefficient (Wildman–Crippen LogP) is 0.0732. The van der Waals surface area contributed by atoms with Crippen LogP contribution in [-0.4, -0.2) is 27.2 Å². The summed E-state index contributed by atoms with van der Waals surface area (Å²) < 4.78 is 1.79. The molecule has 0 atom stereocenters. The Morgan fingerprint density at radius 2 is 2.26 bits per heavy atom. The summed E-state index contributed by atoms with van der Waals surface area (Å²) in [5.41, 5.74) is 4.00. The molecule has 7 nitrogen and oxygen atoms in total. The van der Waals surface area contributed by atoms with Crippen LogP contribution < -0.4 is 16.6 Å². The van der Waals surface area contributed by atoms with Crippen LogP contribution in [0.15, 0.2) is 30.6 Å². The molecule has 7 heteroatoms. The van der Waals surface area contributed by atoms with Crippen molar-refractivity contribution in [2.75, 3.05) is 12.0 Å². The highest BCUT2D eigenvalue weighted by atomic mass is 16.1. The number of aromatic nitrogens is 3. The zero-order valence-corrected chi connectivity index (χ0v) is 10.6. The molecule has 0 aliphatic carbocycles. The minimum Gasteiger partial charge on any atom is -0.352 e. The number of nitrogens with one attached hydrogen (secondary N) is 2. The van der Waals surface area contributed by atoms with Crippen molar-refractivity contribution >= 4 is 11.7 Å². The lowest BCUT2D eigenvalue weighted by atomic mass is 10.2. The summed E-state index contributed by atoms with van der Waals surface area (Å²) in [7, 11) is 1.87. The molecule has 0 aliphatic rings. The third-order valence-electron chi connectivity index (χ3n) is 2.76. The highest BCUT2D eigenvalue weighted by molar-refractivity contribution is 5.94. The van der Waals surface area contributed by atoms with Crippen LogP contribution >= 0.6 is 0 Å². The minimum absolute atomic E-state index is 0.152. The van der Waals surface area contributed by atoms with Crippen molar-refractivity contribution in [3.63, 3.8) is 0 Å². The first-order valence-electron chi connectivity index (χ1n) is 5.88. The summed E-state index contributed by atoms with van der Waals surface area (Å²) in [6.07, 6.45) is 4.00. The number of hydrazine groups is 1. The summed E-state index contributed by atoms with van der Waals surface area (Å²) in [6.45, 7) is 0.548. The molecule has 0 unspecified atom stereocenters. The number of anilines is 1. The van der Waals surface area contributed by atoms with Crippen LogP contribution in [0.2, 0.25) is 0 Å². The summed E-state index contributed by atoms with van der Waals surface area (Å²) >= 11 is 0. The van der Waals surface area contributed by atoms with Crippen molar-refractivity contribution < 1.29 is 4.79 Å². The molecule has 4 N–H and O–H groups in total. The first kappa shape index (κ1) is 13.0. The molecule has 0 fully saturated rings. The first-order chi connectivity index (χ1) is 9.20. The van der Waals surface area contributed by atoms with Crippen LogP contribution in [0.4, 0.5) is 5.82 Å². The topological polar surface area (TPSA) is 97.9 Å². The maximum atomic E-state index is 11.9. The Hall–Kier alpha value is -2.41. The standard InChI is InChI=1S/C12H16N6O/c1-18-10(4-7-16-18)3-6-15-12(19)9-2-5-14-11(8-9)17-13/h2,4-5,7-8H,3,6,13H2,1H3,(H,14,17)(H,15,19). The molecule has 0 saturated carbocycles. The molecular formula is C12H16N6O. The number of pyridine rings is 1. The number of nitrogens with zero attached hydrogens (tertiary/aromatic N) is 3. The molecule has 2 aromatic heterocycles. The Balaban J connectivity index is 1.89. The summed E-state index contributed by atoms with van der Waals surface area (Å²) in [5, 5.41) is 6.91. The van der Waals surface area contributed by atoms with Gasteiger partial charge in [0.25, 0.3) is 5.91 Å². The van der Waals surface area contributed by atoms with Crippen molar-refractivity contribution in [1.29, 1.82) is 0 Å². The van der Waals surface area contributed by atoms with Gasteiger partial charge in [-0.05, 0) is 18.2 Å². The summed E-state index contributed by atoms with van der Waals surface area (Å²) in [5.74, 6) is 5.55. The Kier molecular flexibility index (Phi) is 4.09. The van der Waals surface area contributed by atoms with Crippen molar-refractivity contribution in [3.8, 4) is 0 Å². The number of nitrogens with two attached hydrogens (primary N) is 1. The van der Waals surface area contributed by atoms with Crippen LogP contribution in [-0.2, 0) is 13.5 Å². The van der Waals surface area contributed by atoms with Gasteiger partial charge in [0.15, 0.2) is 0 Å². The van der Waals surface area contributed by atoms with Crippen LogP contribution in [0.1, 0.15) is 16.1 Å². The maximum Gasteiger partial charge on any atom is 0.251 e. The Labute approximate surface area is 110 Å². The fourth-order valence-corrected chi connectivity index (χ4v) is 1.70. The van der Waals surface area contributed by atoms with Gasteiger partial charge >= 0.3 is 0 Å². The smallest absolute Gasteiger partial charge is 0.251 e. The minimum atomic E-state index is -0.152. The fraction of sp³-hybridized carbons (Fsp3) is 0.250. The molecular weight excluding hydrogens is 244 g/mol. The van der Waals surface area contributed by atoms with Crippen molar-refractivity contribution in [1.82, 2.24) is 20.1 Å².